The van der Waals surface area contributed by atoms with E-state index in [0.717, 1.165) is 25.7 Å². The fraction of sp³-hybridized carbons (Fsp3) is 0.833. The smallest absolute Gasteiger partial charge is 0.306 e. The van der Waals surface area contributed by atoms with Crippen LogP contribution in [-0.2, 0) is 9.59 Å². The minimum absolute atomic E-state index is 0. The van der Waals surface area contributed by atoms with Crippen LogP contribution in [-0.4, -0.2) is 22.2 Å². The van der Waals surface area contributed by atoms with E-state index < -0.39 is 11.9 Å². The standard InChI is InChI=1S/2C6H12O2.ClH/c2*1-3-5(4-2)6(7)8;/h2*5H,3-4H2,1-2H3,(H,7,8);1H. The van der Waals surface area contributed by atoms with Crippen LogP contribution in [0.3, 0.4) is 0 Å². The van der Waals surface area contributed by atoms with E-state index in [1.165, 1.54) is 0 Å². The molecule has 0 spiro atoms. The fourth-order valence-electron chi connectivity index (χ4n) is 1.28. The van der Waals surface area contributed by atoms with Crippen molar-refractivity contribution in [3.8, 4) is 0 Å². The molecule has 0 aliphatic carbocycles. The maximum atomic E-state index is 10.2. The number of carbonyl (C=O) groups is 2. The number of carboxylic acid groups (broad SMARTS) is 2. The zero-order valence-corrected chi connectivity index (χ0v) is 11.9. The minimum atomic E-state index is -0.671. The van der Waals surface area contributed by atoms with Crippen molar-refractivity contribution in [2.75, 3.05) is 0 Å². The number of halogens is 1. The molecule has 0 saturated carbocycles. The lowest BCUT2D eigenvalue weighted by Gasteiger charge is -2.02. The molecule has 0 bridgehead atoms. The largest absolute Gasteiger partial charge is 0.481 e. The normalized spacial score (nSPS) is 9.29. The summed E-state index contributed by atoms with van der Waals surface area (Å²) in [6, 6.07) is 0. The SMILES string of the molecule is CCC(CC)C(=O)O.CCC(CC)C(=O)O.Cl. The Labute approximate surface area is 110 Å². The van der Waals surface area contributed by atoms with Gasteiger partial charge in [-0.15, -0.1) is 12.4 Å². The van der Waals surface area contributed by atoms with Gasteiger partial charge < -0.3 is 10.2 Å². The second kappa shape index (κ2) is 13.3. The highest BCUT2D eigenvalue weighted by Crippen LogP contribution is 2.06. The highest BCUT2D eigenvalue weighted by atomic mass is 35.5. The molecule has 2 N–H and O–H groups in total. The molecule has 0 heterocycles. The summed E-state index contributed by atoms with van der Waals surface area (Å²) in [5.74, 6) is -1.60. The first-order valence-electron chi connectivity index (χ1n) is 5.89. The molecule has 0 atom stereocenters. The van der Waals surface area contributed by atoms with Gasteiger partial charge in [-0.3, -0.25) is 9.59 Å². The lowest BCUT2D eigenvalue weighted by atomic mass is 10.1. The Balaban J connectivity index is -0.000000218. The van der Waals surface area contributed by atoms with Gasteiger partial charge in [-0.25, -0.2) is 0 Å². The van der Waals surface area contributed by atoms with E-state index in [1.54, 1.807) is 0 Å². The highest BCUT2D eigenvalue weighted by Gasteiger charge is 2.10. The van der Waals surface area contributed by atoms with Gasteiger partial charge in [-0.05, 0) is 25.7 Å². The van der Waals surface area contributed by atoms with Crippen molar-refractivity contribution in [1.82, 2.24) is 0 Å². The van der Waals surface area contributed by atoms with E-state index in [9.17, 15) is 9.59 Å². The van der Waals surface area contributed by atoms with Crippen LogP contribution in [0.2, 0.25) is 0 Å². The summed E-state index contributed by atoms with van der Waals surface area (Å²) in [5.41, 5.74) is 0. The van der Waals surface area contributed by atoms with Gasteiger partial charge in [-0.2, -0.15) is 0 Å². The van der Waals surface area contributed by atoms with E-state index in [2.05, 4.69) is 0 Å². The number of carboxylic acids is 2. The van der Waals surface area contributed by atoms with Crippen LogP contribution in [0.5, 0.6) is 0 Å². The molecular formula is C12H25ClO4. The molecule has 0 fully saturated rings. The Morgan fingerprint density at radius 3 is 0.941 bits per heavy atom. The van der Waals surface area contributed by atoms with Crippen LogP contribution in [0.1, 0.15) is 53.4 Å². The third-order valence-corrected chi connectivity index (χ3v) is 2.67. The summed E-state index contributed by atoms with van der Waals surface area (Å²) in [6.45, 7) is 7.56. The van der Waals surface area contributed by atoms with Crippen LogP contribution < -0.4 is 0 Å². The molecule has 0 aliphatic heterocycles. The highest BCUT2D eigenvalue weighted by molar-refractivity contribution is 5.85. The first-order chi connectivity index (χ1) is 7.44. The van der Waals surface area contributed by atoms with Crippen molar-refractivity contribution < 1.29 is 19.8 Å². The second-order valence-corrected chi connectivity index (χ2v) is 3.70. The molecule has 17 heavy (non-hydrogen) atoms. The van der Waals surface area contributed by atoms with Gasteiger partial charge in [-0.1, -0.05) is 27.7 Å². The molecule has 4 nitrogen and oxygen atoms in total. The Hall–Kier alpha value is -0.770. The number of hydrogen-bond donors (Lipinski definition) is 2. The Kier molecular flexibility index (Phi) is 16.8. The maximum Gasteiger partial charge on any atom is 0.306 e. The van der Waals surface area contributed by atoms with E-state index in [1.807, 2.05) is 27.7 Å². The zero-order valence-electron chi connectivity index (χ0n) is 11.1. The topological polar surface area (TPSA) is 74.6 Å². The third kappa shape index (κ3) is 11.5. The number of hydrogen-bond acceptors (Lipinski definition) is 2. The predicted molar refractivity (Wildman–Crippen MR) is 70.7 cm³/mol. The summed E-state index contributed by atoms with van der Waals surface area (Å²) >= 11 is 0. The maximum absolute atomic E-state index is 10.2. The van der Waals surface area contributed by atoms with E-state index >= 15 is 0 Å². The second-order valence-electron chi connectivity index (χ2n) is 3.70. The third-order valence-electron chi connectivity index (χ3n) is 2.67. The summed E-state index contributed by atoms with van der Waals surface area (Å²) in [5, 5.41) is 16.7. The first-order valence-corrected chi connectivity index (χ1v) is 5.89. The minimum Gasteiger partial charge on any atom is -0.481 e. The van der Waals surface area contributed by atoms with Gasteiger partial charge >= 0.3 is 11.9 Å². The predicted octanol–water partition coefficient (Wildman–Crippen LogP) is 3.44. The molecule has 0 radical (unpaired) electrons. The molecule has 0 aromatic rings. The molecule has 0 aromatic carbocycles. The fourth-order valence-corrected chi connectivity index (χ4v) is 1.28. The van der Waals surface area contributed by atoms with E-state index in [4.69, 9.17) is 10.2 Å². The number of aliphatic carboxylic acids is 2. The Bertz CT molecular complexity index is 177. The van der Waals surface area contributed by atoms with Crippen molar-refractivity contribution in [2.24, 2.45) is 11.8 Å². The lowest BCUT2D eigenvalue weighted by Crippen LogP contribution is -2.10. The average molecular weight is 269 g/mol. The van der Waals surface area contributed by atoms with Crippen molar-refractivity contribution in [3.63, 3.8) is 0 Å². The summed E-state index contributed by atoms with van der Waals surface area (Å²) in [6.07, 6.45) is 2.97. The summed E-state index contributed by atoms with van der Waals surface area (Å²) in [4.78, 5) is 20.3. The molecule has 0 rings (SSSR count). The van der Waals surface area contributed by atoms with Crippen molar-refractivity contribution in [2.45, 2.75) is 53.4 Å². The molecule has 0 unspecified atom stereocenters. The molecule has 0 saturated heterocycles. The van der Waals surface area contributed by atoms with Gasteiger partial charge in [0, 0.05) is 0 Å². The van der Waals surface area contributed by atoms with Crippen LogP contribution in [0.4, 0.5) is 0 Å². The van der Waals surface area contributed by atoms with Crippen LogP contribution in [0.15, 0.2) is 0 Å². The number of rotatable bonds is 6. The molecular weight excluding hydrogens is 244 g/mol. The lowest BCUT2D eigenvalue weighted by molar-refractivity contribution is -0.142. The van der Waals surface area contributed by atoms with Crippen LogP contribution in [0, 0.1) is 11.8 Å². The quantitative estimate of drug-likeness (QED) is 0.774. The summed E-state index contributed by atoms with van der Waals surface area (Å²) < 4.78 is 0. The van der Waals surface area contributed by atoms with Crippen molar-refractivity contribution in [3.05, 3.63) is 0 Å². The Morgan fingerprint density at radius 1 is 0.765 bits per heavy atom. The first kappa shape index (κ1) is 21.5. The Morgan fingerprint density at radius 2 is 0.941 bits per heavy atom. The summed E-state index contributed by atoms with van der Waals surface area (Å²) in [7, 11) is 0. The van der Waals surface area contributed by atoms with Crippen LogP contribution in [0.25, 0.3) is 0 Å². The average Bonchev–Trinajstić information content (AvgIpc) is 2.21. The van der Waals surface area contributed by atoms with Gasteiger partial charge in [0.25, 0.3) is 0 Å². The van der Waals surface area contributed by atoms with E-state index in [-0.39, 0.29) is 24.2 Å². The van der Waals surface area contributed by atoms with Gasteiger partial charge in [0.05, 0.1) is 11.8 Å². The van der Waals surface area contributed by atoms with Crippen LogP contribution >= 0.6 is 12.4 Å². The van der Waals surface area contributed by atoms with E-state index in [0.29, 0.717) is 0 Å². The van der Waals surface area contributed by atoms with Crippen molar-refractivity contribution in [1.29, 1.82) is 0 Å². The monoisotopic (exact) mass is 268 g/mol. The molecule has 0 amide bonds. The van der Waals surface area contributed by atoms with Crippen molar-refractivity contribution >= 4 is 24.3 Å². The zero-order chi connectivity index (χ0) is 13.1. The molecule has 5 heteroatoms. The van der Waals surface area contributed by atoms with Gasteiger partial charge in [0.2, 0.25) is 0 Å². The van der Waals surface area contributed by atoms with Gasteiger partial charge in [0.15, 0.2) is 0 Å². The molecule has 0 aliphatic rings. The molecule has 0 aromatic heterocycles. The molecule has 104 valence electrons. The van der Waals surface area contributed by atoms with Gasteiger partial charge in [0.1, 0.15) is 0 Å².